The smallest absolute Gasteiger partial charge is 0.408 e. The van der Waals surface area contributed by atoms with Crippen molar-refractivity contribution in [3.63, 3.8) is 0 Å². The van der Waals surface area contributed by atoms with Crippen LogP contribution >= 0.6 is 0 Å². The van der Waals surface area contributed by atoms with Gasteiger partial charge in [-0.2, -0.15) is 0 Å². The second kappa shape index (κ2) is 4.73. The summed E-state index contributed by atoms with van der Waals surface area (Å²) in [6, 6.07) is 0. The fourth-order valence-corrected chi connectivity index (χ4v) is 3.14. The molecule has 1 rings (SSSR count). The fourth-order valence-electron chi connectivity index (χ4n) is 1.53. The van der Waals surface area contributed by atoms with E-state index in [-0.39, 0.29) is 17.9 Å². The predicted octanol–water partition coefficient (Wildman–Crippen LogP) is 0.487. The topological polar surface area (TPSA) is 98.7 Å². The first-order valence-corrected chi connectivity index (χ1v) is 6.73. The molecular formula is C10H17NO5S. The summed E-state index contributed by atoms with van der Waals surface area (Å²) < 4.78 is 16.3. The van der Waals surface area contributed by atoms with Gasteiger partial charge in [0.2, 0.25) is 0 Å². The van der Waals surface area contributed by atoms with Gasteiger partial charge in [-0.1, -0.05) is 11.2 Å². The number of nitrogens with one attached hydrogen (secondary N) is 1. The molecule has 1 aliphatic rings. The average molecular weight is 263 g/mol. The number of carbonyl (C=O) groups is 2. The Balaban J connectivity index is 2.69. The Morgan fingerprint density at radius 2 is 2.06 bits per heavy atom. The van der Waals surface area contributed by atoms with Crippen molar-refractivity contribution < 1.29 is 24.0 Å². The van der Waals surface area contributed by atoms with E-state index in [1.807, 2.05) is 0 Å². The van der Waals surface area contributed by atoms with Gasteiger partial charge in [-0.15, -0.1) is 0 Å². The van der Waals surface area contributed by atoms with Crippen molar-refractivity contribution in [1.29, 1.82) is 0 Å². The molecule has 2 atom stereocenters. The van der Waals surface area contributed by atoms with E-state index in [4.69, 9.17) is 9.84 Å². The minimum atomic E-state index is -1.45. The lowest BCUT2D eigenvalue weighted by Gasteiger charge is -2.26. The van der Waals surface area contributed by atoms with Gasteiger partial charge in [0.1, 0.15) is 17.1 Å². The molecule has 7 heteroatoms. The van der Waals surface area contributed by atoms with Crippen molar-refractivity contribution in [2.45, 2.75) is 38.3 Å². The summed E-state index contributed by atoms with van der Waals surface area (Å²) in [7, 11) is 0. The van der Waals surface area contributed by atoms with E-state index < -0.39 is 34.4 Å². The molecule has 1 fully saturated rings. The van der Waals surface area contributed by atoms with Gasteiger partial charge in [-0.25, -0.2) is 9.59 Å². The number of rotatable bonds is 2. The third-order valence-electron chi connectivity index (χ3n) is 2.31. The number of ether oxygens (including phenoxy) is 1. The summed E-state index contributed by atoms with van der Waals surface area (Å²) in [6.07, 6.45) is -0.632. The van der Waals surface area contributed by atoms with Crippen LogP contribution in [-0.2, 0) is 20.7 Å². The zero-order valence-electron chi connectivity index (χ0n) is 10.1. The number of carboxylic acid groups (broad SMARTS) is 1. The maximum absolute atomic E-state index is 11.5. The zero-order valence-corrected chi connectivity index (χ0v) is 10.9. The van der Waals surface area contributed by atoms with Crippen LogP contribution in [0.4, 0.5) is 4.79 Å². The normalized spacial score (nSPS) is 28.8. The molecule has 6 nitrogen and oxygen atoms in total. The monoisotopic (exact) mass is 263 g/mol. The van der Waals surface area contributed by atoms with Crippen molar-refractivity contribution in [2.24, 2.45) is 0 Å². The summed E-state index contributed by atoms with van der Waals surface area (Å²) >= 11 is -1.20. The molecule has 0 aromatic heterocycles. The van der Waals surface area contributed by atoms with Crippen LogP contribution in [0.25, 0.3) is 0 Å². The Morgan fingerprint density at radius 3 is 2.41 bits per heavy atom. The molecule has 0 aromatic carbocycles. The summed E-state index contributed by atoms with van der Waals surface area (Å²) in [5.74, 6) is -0.960. The number of carboxylic acids is 1. The molecule has 0 bridgehead atoms. The third-order valence-corrected chi connectivity index (χ3v) is 3.79. The molecule has 0 radical (unpaired) electrons. The molecule has 0 aromatic rings. The maximum Gasteiger partial charge on any atom is 0.408 e. The van der Waals surface area contributed by atoms with E-state index in [0.717, 1.165) is 0 Å². The van der Waals surface area contributed by atoms with Crippen molar-refractivity contribution >= 4 is 23.2 Å². The van der Waals surface area contributed by atoms with E-state index in [0.29, 0.717) is 0 Å². The molecule has 0 aliphatic carbocycles. The standard InChI is InChI=1S/C10H17NO5S/c1-9(2,3)16-8(14)11-10(7(12)13)4-5-17(15)6-10/h4-6H2,1-3H3,(H,11,14)(H,12,13). The maximum atomic E-state index is 11.5. The largest absolute Gasteiger partial charge is 0.616 e. The Kier molecular flexibility index (Phi) is 3.93. The molecule has 1 saturated heterocycles. The highest BCUT2D eigenvalue weighted by Crippen LogP contribution is 2.24. The molecule has 0 saturated carbocycles. The van der Waals surface area contributed by atoms with E-state index in [2.05, 4.69) is 5.32 Å². The lowest BCUT2D eigenvalue weighted by Crippen LogP contribution is -2.56. The molecule has 98 valence electrons. The molecule has 1 heterocycles. The van der Waals surface area contributed by atoms with Crippen molar-refractivity contribution in [1.82, 2.24) is 5.32 Å². The number of amides is 1. The van der Waals surface area contributed by atoms with Crippen molar-refractivity contribution in [3.05, 3.63) is 0 Å². The number of aliphatic carboxylic acids is 1. The van der Waals surface area contributed by atoms with Gasteiger partial charge < -0.3 is 19.7 Å². The lowest BCUT2D eigenvalue weighted by atomic mass is 10.00. The Hall–Kier alpha value is -0.950. The average Bonchev–Trinajstić information content (AvgIpc) is 2.44. The quantitative estimate of drug-likeness (QED) is 0.706. The van der Waals surface area contributed by atoms with Crippen LogP contribution in [0.2, 0.25) is 0 Å². The fraction of sp³-hybridized carbons (Fsp3) is 0.800. The van der Waals surface area contributed by atoms with Crippen molar-refractivity contribution in [3.8, 4) is 0 Å². The van der Waals surface area contributed by atoms with E-state index in [1.165, 1.54) is 0 Å². The third kappa shape index (κ3) is 3.78. The Labute approximate surface area is 103 Å². The highest BCUT2D eigenvalue weighted by Gasteiger charge is 2.50. The highest BCUT2D eigenvalue weighted by atomic mass is 32.2. The highest BCUT2D eigenvalue weighted by molar-refractivity contribution is 7.91. The van der Waals surface area contributed by atoms with Gasteiger partial charge in [0.15, 0.2) is 5.54 Å². The van der Waals surface area contributed by atoms with Crippen LogP contribution in [0, 0.1) is 0 Å². The van der Waals surface area contributed by atoms with Gasteiger partial charge >= 0.3 is 12.1 Å². The number of carbonyl (C=O) groups excluding carboxylic acids is 1. The first kappa shape index (κ1) is 14.1. The first-order valence-electron chi connectivity index (χ1n) is 5.24. The number of hydrogen-bond acceptors (Lipinski definition) is 4. The van der Waals surface area contributed by atoms with Crippen LogP contribution in [0.3, 0.4) is 0 Å². The molecule has 1 aliphatic heterocycles. The van der Waals surface area contributed by atoms with Gasteiger partial charge in [0, 0.05) is 6.42 Å². The van der Waals surface area contributed by atoms with Crippen LogP contribution in [0.15, 0.2) is 0 Å². The van der Waals surface area contributed by atoms with Crippen LogP contribution in [0.1, 0.15) is 27.2 Å². The van der Waals surface area contributed by atoms with E-state index in [9.17, 15) is 14.1 Å². The van der Waals surface area contributed by atoms with Gasteiger partial charge in [-0.3, -0.25) is 0 Å². The second-order valence-electron chi connectivity index (χ2n) is 5.05. The van der Waals surface area contributed by atoms with Crippen LogP contribution < -0.4 is 5.32 Å². The summed E-state index contributed by atoms with van der Waals surface area (Å²) in [5, 5.41) is 11.4. The molecule has 17 heavy (non-hydrogen) atoms. The first-order chi connectivity index (χ1) is 7.65. The molecule has 0 spiro atoms. The minimum Gasteiger partial charge on any atom is -0.616 e. The molecule has 2 unspecified atom stereocenters. The van der Waals surface area contributed by atoms with E-state index in [1.54, 1.807) is 20.8 Å². The number of alkyl carbamates (subject to hydrolysis) is 1. The SMILES string of the molecule is CC(C)(C)OC(=O)NC1(C(=O)O)CC[S+]([O-])C1. The van der Waals surface area contributed by atoms with E-state index >= 15 is 0 Å². The second-order valence-corrected chi connectivity index (χ2v) is 6.63. The van der Waals surface area contributed by atoms with Crippen LogP contribution in [-0.4, -0.2) is 44.4 Å². The zero-order chi connectivity index (χ0) is 13.3. The minimum absolute atomic E-state index is 0.0679. The van der Waals surface area contributed by atoms with Crippen LogP contribution in [0.5, 0.6) is 0 Å². The van der Waals surface area contributed by atoms with Gasteiger partial charge in [0.05, 0.1) is 0 Å². The van der Waals surface area contributed by atoms with Gasteiger partial charge in [0.25, 0.3) is 0 Å². The number of hydrogen-bond donors (Lipinski definition) is 2. The van der Waals surface area contributed by atoms with Crippen molar-refractivity contribution in [2.75, 3.05) is 11.5 Å². The summed E-state index contributed by atoms with van der Waals surface area (Å²) in [5.41, 5.74) is -2.14. The molecule has 1 amide bonds. The lowest BCUT2D eigenvalue weighted by molar-refractivity contribution is -0.143. The predicted molar refractivity (Wildman–Crippen MR) is 62.2 cm³/mol. The van der Waals surface area contributed by atoms with Gasteiger partial charge in [-0.05, 0) is 20.8 Å². The molecule has 2 N–H and O–H groups in total. The Morgan fingerprint density at radius 1 is 1.47 bits per heavy atom. The Bertz CT molecular complexity index is 327. The summed E-state index contributed by atoms with van der Waals surface area (Å²) in [6.45, 7) is 5.06. The molecular weight excluding hydrogens is 246 g/mol. The summed E-state index contributed by atoms with van der Waals surface area (Å²) in [4.78, 5) is 22.7.